The van der Waals surface area contributed by atoms with Crippen molar-refractivity contribution in [2.24, 2.45) is 0 Å². The van der Waals surface area contributed by atoms with Crippen LogP contribution in [0, 0.1) is 5.82 Å². The van der Waals surface area contributed by atoms with Gasteiger partial charge < -0.3 is 13.7 Å². The molecule has 1 aromatic carbocycles. The van der Waals surface area contributed by atoms with Gasteiger partial charge in [0.05, 0.1) is 24.9 Å². The van der Waals surface area contributed by atoms with Crippen LogP contribution in [0.1, 0.15) is 22.8 Å². The van der Waals surface area contributed by atoms with Crippen LogP contribution in [0.3, 0.4) is 0 Å². The number of furan rings is 2. The first-order valence-corrected chi connectivity index (χ1v) is 10.2. The van der Waals surface area contributed by atoms with Gasteiger partial charge in [0.25, 0.3) is 0 Å². The van der Waals surface area contributed by atoms with Gasteiger partial charge >= 0.3 is 0 Å². The summed E-state index contributed by atoms with van der Waals surface area (Å²) in [5.74, 6) is 1.56. The van der Waals surface area contributed by atoms with Gasteiger partial charge in [-0.3, -0.25) is 4.79 Å². The van der Waals surface area contributed by atoms with Gasteiger partial charge in [-0.25, -0.2) is 4.39 Å². The molecule has 0 saturated heterocycles. The zero-order valence-corrected chi connectivity index (χ0v) is 16.5. The zero-order chi connectivity index (χ0) is 20.1. The minimum absolute atomic E-state index is 0.0126. The van der Waals surface area contributed by atoms with E-state index in [9.17, 15) is 9.18 Å². The van der Waals surface area contributed by atoms with Crippen LogP contribution < -0.4 is 0 Å². The number of carbonyl (C=O) groups excluding carboxylic acids is 1. The van der Waals surface area contributed by atoms with E-state index in [0.717, 1.165) is 10.6 Å². The molecule has 0 N–H and O–H groups in total. The fraction of sp³-hybridized carbons (Fsp3) is 0.174. The van der Waals surface area contributed by atoms with E-state index in [1.165, 1.54) is 6.07 Å². The van der Waals surface area contributed by atoms with Gasteiger partial charge in [0.2, 0.25) is 5.91 Å². The van der Waals surface area contributed by atoms with Gasteiger partial charge in [-0.2, -0.15) is 0 Å². The zero-order valence-electron chi connectivity index (χ0n) is 15.7. The first-order valence-electron chi connectivity index (χ1n) is 9.35. The van der Waals surface area contributed by atoms with E-state index in [1.807, 2.05) is 29.6 Å². The fourth-order valence-electron chi connectivity index (χ4n) is 3.12. The molecule has 4 rings (SSSR count). The van der Waals surface area contributed by atoms with E-state index in [1.54, 1.807) is 52.8 Å². The number of aryl methyl sites for hydroxylation is 1. The van der Waals surface area contributed by atoms with Crippen molar-refractivity contribution in [3.8, 4) is 11.3 Å². The van der Waals surface area contributed by atoms with E-state index >= 15 is 0 Å². The highest BCUT2D eigenvalue weighted by Gasteiger charge is 2.17. The summed E-state index contributed by atoms with van der Waals surface area (Å²) in [5.41, 5.74) is 0.419. The Kier molecular flexibility index (Phi) is 5.91. The Morgan fingerprint density at radius 1 is 0.966 bits per heavy atom. The summed E-state index contributed by atoms with van der Waals surface area (Å²) in [5, 5.41) is 2.00. The van der Waals surface area contributed by atoms with E-state index in [-0.39, 0.29) is 11.7 Å². The maximum atomic E-state index is 13.9. The minimum Gasteiger partial charge on any atom is -0.467 e. The van der Waals surface area contributed by atoms with Gasteiger partial charge in [-0.15, -0.1) is 11.3 Å². The number of rotatable bonds is 8. The third kappa shape index (κ3) is 4.84. The van der Waals surface area contributed by atoms with Crippen LogP contribution in [0.25, 0.3) is 11.3 Å². The number of hydrogen-bond acceptors (Lipinski definition) is 4. The van der Waals surface area contributed by atoms with Crippen molar-refractivity contribution in [1.29, 1.82) is 0 Å². The van der Waals surface area contributed by atoms with E-state index < -0.39 is 0 Å². The van der Waals surface area contributed by atoms with Crippen LogP contribution >= 0.6 is 11.3 Å². The highest BCUT2D eigenvalue weighted by Crippen LogP contribution is 2.25. The van der Waals surface area contributed by atoms with Crippen LogP contribution in [0.5, 0.6) is 0 Å². The van der Waals surface area contributed by atoms with Crippen LogP contribution in [0.15, 0.2) is 81.1 Å². The maximum Gasteiger partial charge on any atom is 0.223 e. The fourth-order valence-corrected chi connectivity index (χ4v) is 3.84. The molecule has 0 aliphatic carbocycles. The van der Waals surface area contributed by atoms with E-state index in [4.69, 9.17) is 8.83 Å². The van der Waals surface area contributed by atoms with Crippen LogP contribution in [0.2, 0.25) is 0 Å². The largest absolute Gasteiger partial charge is 0.467 e. The lowest BCUT2D eigenvalue weighted by Gasteiger charge is -2.21. The second-order valence-electron chi connectivity index (χ2n) is 6.65. The Hall–Kier alpha value is -3.12. The van der Waals surface area contributed by atoms with E-state index in [2.05, 4.69) is 0 Å². The molecule has 6 heteroatoms. The van der Waals surface area contributed by atoms with Crippen LogP contribution in [0.4, 0.5) is 4.39 Å². The Morgan fingerprint density at radius 2 is 1.86 bits per heavy atom. The summed E-state index contributed by atoms with van der Waals surface area (Å²) in [7, 11) is 0. The molecule has 0 radical (unpaired) electrons. The SMILES string of the molecule is O=C(CCc1ccc(-c2ccccc2F)o1)N(Cc1ccco1)Cc1cccs1. The lowest BCUT2D eigenvalue weighted by Crippen LogP contribution is -2.29. The molecule has 4 aromatic rings. The molecule has 0 bridgehead atoms. The molecule has 0 spiro atoms. The quantitative estimate of drug-likeness (QED) is 0.364. The second kappa shape index (κ2) is 8.92. The monoisotopic (exact) mass is 409 g/mol. The molecule has 1 amide bonds. The first-order chi connectivity index (χ1) is 14.2. The van der Waals surface area contributed by atoms with Crippen molar-refractivity contribution in [2.75, 3.05) is 0 Å². The molecule has 0 aliphatic rings. The number of hydrogen-bond donors (Lipinski definition) is 0. The summed E-state index contributed by atoms with van der Waals surface area (Å²) < 4.78 is 25.1. The number of benzene rings is 1. The highest BCUT2D eigenvalue weighted by atomic mass is 32.1. The minimum atomic E-state index is -0.329. The molecule has 0 fully saturated rings. The Labute approximate surface area is 172 Å². The van der Waals surface area contributed by atoms with Crippen molar-refractivity contribution in [3.05, 3.63) is 94.5 Å². The number of nitrogens with zero attached hydrogens (tertiary/aromatic N) is 1. The standard InChI is InChI=1S/C23H20FNO3S/c24-21-8-2-1-7-20(21)22-11-9-17(28-22)10-12-23(26)25(15-18-5-3-13-27-18)16-19-6-4-14-29-19/h1-9,11,13-14H,10,12,15-16H2. The Bertz CT molecular complexity index is 1020. The summed E-state index contributed by atoms with van der Waals surface area (Å²) in [6.45, 7) is 0.957. The van der Waals surface area contributed by atoms with Gasteiger partial charge in [-0.05, 0) is 47.8 Å². The first kappa shape index (κ1) is 19.2. The van der Waals surface area contributed by atoms with Crippen LogP contribution in [-0.2, 0) is 24.3 Å². The predicted molar refractivity (Wildman–Crippen MR) is 110 cm³/mol. The van der Waals surface area contributed by atoms with Crippen molar-refractivity contribution in [3.63, 3.8) is 0 Å². The molecule has 0 aliphatic heterocycles. The van der Waals surface area contributed by atoms with Gasteiger partial charge in [0.15, 0.2) is 0 Å². The number of carbonyl (C=O) groups is 1. The summed E-state index contributed by atoms with van der Waals surface area (Å²) in [6, 6.07) is 17.7. The number of thiophene rings is 1. The molecule has 0 atom stereocenters. The van der Waals surface area contributed by atoms with Gasteiger partial charge in [0, 0.05) is 17.7 Å². The van der Waals surface area contributed by atoms with Crippen molar-refractivity contribution in [2.45, 2.75) is 25.9 Å². The summed E-state index contributed by atoms with van der Waals surface area (Å²) in [4.78, 5) is 15.8. The second-order valence-corrected chi connectivity index (χ2v) is 7.69. The topological polar surface area (TPSA) is 46.6 Å². The summed E-state index contributed by atoms with van der Waals surface area (Å²) >= 11 is 1.62. The molecular formula is C23H20FNO3S. The van der Waals surface area contributed by atoms with Crippen molar-refractivity contribution >= 4 is 17.2 Å². The molecule has 3 heterocycles. The Balaban J connectivity index is 1.42. The van der Waals surface area contributed by atoms with Crippen molar-refractivity contribution in [1.82, 2.24) is 4.90 Å². The average molecular weight is 409 g/mol. The number of halogens is 1. The Morgan fingerprint density at radius 3 is 2.62 bits per heavy atom. The maximum absolute atomic E-state index is 13.9. The molecule has 0 saturated carbocycles. The molecule has 29 heavy (non-hydrogen) atoms. The predicted octanol–water partition coefficient (Wildman–Crippen LogP) is 5.90. The highest BCUT2D eigenvalue weighted by molar-refractivity contribution is 7.09. The van der Waals surface area contributed by atoms with Crippen molar-refractivity contribution < 1.29 is 18.0 Å². The third-order valence-corrected chi connectivity index (χ3v) is 5.45. The third-order valence-electron chi connectivity index (χ3n) is 4.59. The molecule has 0 unspecified atom stereocenters. The van der Waals surface area contributed by atoms with Gasteiger partial charge in [0.1, 0.15) is 23.1 Å². The molecule has 4 nitrogen and oxygen atoms in total. The average Bonchev–Trinajstić information content (AvgIpc) is 3.49. The van der Waals surface area contributed by atoms with Crippen LogP contribution in [-0.4, -0.2) is 10.8 Å². The van der Waals surface area contributed by atoms with E-state index in [0.29, 0.717) is 43.0 Å². The summed E-state index contributed by atoms with van der Waals surface area (Å²) in [6.07, 6.45) is 2.36. The molecule has 148 valence electrons. The lowest BCUT2D eigenvalue weighted by atomic mass is 10.1. The molecule has 3 aromatic heterocycles. The normalized spacial score (nSPS) is 10.9. The van der Waals surface area contributed by atoms with Gasteiger partial charge in [-0.1, -0.05) is 18.2 Å². The smallest absolute Gasteiger partial charge is 0.223 e. The lowest BCUT2D eigenvalue weighted by molar-refractivity contribution is -0.132. The number of amides is 1. The molecular weight excluding hydrogens is 389 g/mol.